The number of aromatic nitrogens is 3. The maximum atomic E-state index is 13.0. The van der Waals surface area contributed by atoms with Gasteiger partial charge in [-0.15, -0.1) is 0 Å². The number of anilines is 1. The highest BCUT2D eigenvalue weighted by Crippen LogP contribution is 2.31. The van der Waals surface area contributed by atoms with E-state index in [1.54, 1.807) is 0 Å². The zero-order chi connectivity index (χ0) is 23.6. The lowest BCUT2D eigenvalue weighted by atomic mass is 10.1. The third kappa shape index (κ3) is 4.49. The fourth-order valence-electron chi connectivity index (χ4n) is 4.34. The summed E-state index contributed by atoms with van der Waals surface area (Å²) >= 11 is 0. The molecule has 0 atom stereocenters. The summed E-state index contributed by atoms with van der Waals surface area (Å²) in [6.45, 7) is 4.99. The third-order valence-electron chi connectivity index (χ3n) is 6.16. The molecule has 5 aromatic rings. The second-order valence-corrected chi connectivity index (χ2v) is 8.59. The molecule has 1 amide bonds. The van der Waals surface area contributed by atoms with Gasteiger partial charge in [-0.25, -0.2) is 9.97 Å². The molecular formula is C27H24N6O2. The molecule has 0 saturated carbocycles. The molecule has 3 aromatic carbocycles. The number of benzene rings is 3. The Balaban J connectivity index is 1.26. The number of nitrogens with zero attached hydrogens (tertiary/aromatic N) is 4. The quantitative estimate of drug-likeness (QED) is 0.404. The Hall–Kier alpha value is -4.14. The number of fused-ring (bicyclic) bond motifs is 2. The van der Waals surface area contributed by atoms with Crippen LogP contribution >= 0.6 is 0 Å². The van der Waals surface area contributed by atoms with Crippen LogP contribution in [-0.2, 0) is 6.54 Å². The molecule has 3 heterocycles. The molecule has 6 rings (SSSR count). The maximum absolute atomic E-state index is 13.0. The number of carbonyl (C=O) groups excluding carboxylic acids is 1. The number of hydrogen-bond donors (Lipinski definition) is 2. The summed E-state index contributed by atoms with van der Waals surface area (Å²) in [5.41, 5.74) is 5.66. The Morgan fingerprint density at radius 3 is 2.63 bits per heavy atom. The first-order chi connectivity index (χ1) is 17.2. The summed E-state index contributed by atoms with van der Waals surface area (Å²) in [6, 6.07) is 21.1. The SMILES string of the molecule is O=C(Nc1ccccc1-c1nc2ccc(CN3CCNCC3)cc2o1)c1cnc2ccccc2n1. The van der Waals surface area contributed by atoms with Crippen LogP contribution in [0.4, 0.5) is 5.69 Å². The van der Waals surface area contributed by atoms with Crippen molar-refractivity contribution in [2.45, 2.75) is 6.54 Å². The number of piperazine rings is 1. The van der Waals surface area contributed by atoms with Crippen molar-refractivity contribution in [1.29, 1.82) is 0 Å². The van der Waals surface area contributed by atoms with Crippen molar-refractivity contribution >= 4 is 33.7 Å². The Kier molecular flexibility index (Phi) is 5.65. The molecule has 1 aliphatic rings. The van der Waals surface area contributed by atoms with E-state index in [0.717, 1.165) is 49.3 Å². The monoisotopic (exact) mass is 464 g/mol. The average Bonchev–Trinajstić information content (AvgIpc) is 3.32. The lowest BCUT2D eigenvalue weighted by molar-refractivity contribution is 0.102. The van der Waals surface area contributed by atoms with Crippen LogP contribution in [0, 0.1) is 0 Å². The van der Waals surface area contributed by atoms with Gasteiger partial charge in [0.15, 0.2) is 5.58 Å². The van der Waals surface area contributed by atoms with E-state index in [1.165, 1.54) is 11.8 Å². The van der Waals surface area contributed by atoms with E-state index in [2.05, 4.69) is 42.6 Å². The number of hydrogen-bond acceptors (Lipinski definition) is 7. The molecule has 0 aliphatic carbocycles. The number of oxazole rings is 1. The Bertz CT molecular complexity index is 1520. The van der Waals surface area contributed by atoms with Gasteiger partial charge in [0, 0.05) is 32.7 Å². The van der Waals surface area contributed by atoms with E-state index in [1.807, 2.05) is 54.6 Å². The third-order valence-corrected chi connectivity index (χ3v) is 6.16. The summed E-state index contributed by atoms with van der Waals surface area (Å²) in [4.78, 5) is 28.9. The predicted octanol–water partition coefficient (Wildman–Crippen LogP) is 4.10. The summed E-state index contributed by atoms with van der Waals surface area (Å²) in [5.74, 6) is 0.116. The summed E-state index contributed by atoms with van der Waals surface area (Å²) in [6.07, 6.45) is 1.49. The molecule has 1 aliphatic heterocycles. The average molecular weight is 465 g/mol. The highest BCUT2D eigenvalue weighted by molar-refractivity contribution is 6.05. The van der Waals surface area contributed by atoms with Crippen molar-refractivity contribution in [2.75, 3.05) is 31.5 Å². The molecule has 35 heavy (non-hydrogen) atoms. The number of rotatable bonds is 5. The Morgan fingerprint density at radius 2 is 1.74 bits per heavy atom. The molecule has 2 aromatic heterocycles. The van der Waals surface area contributed by atoms with Gasteiger partial charge in [-0.05, 0) is 42.0 Å². The highest BCUT2D eigenvalue weighted by atomic mass is 16.3. The van der Waals surface area contributed by atoms with Gasteiger partial charge in [0.05, 0.1) is 28.5 Å². The zero-order valence-electron chi connectivity index (χ0n) is 19.1. The van der Waals surface area contributed by atoms with E-state index in [-0.39, 0.29) is 11.6 Å². The van der Waals surface area contributed by atoms with Crippen molar-refractivity contribution in [2.24, 2.45) is 0 Å². The molecule has 8 nitrogen and oxygen atoms in total. The van der Waals surface area contributed by atoms with E-state index in [9.17, 15) is 4.79 Å². The van der Waals surface area contributed by atoms with Gasteiger partial charge >= 0.3 is 0 Å². The van der Waals surface area contributed by atoms with Crippen LogP contribution in [-0.4, -0.2) is 51.9 Å². The smallest absolute Gasteiger partial charge is 0.275 e. The van der Waals surface area contributed by atoms with Crippen LogP contribution in [0.5, 0.6) is 0 Å². The van der Waals surface area contributed by atoms with Gasteiger partial charge in [-0.2, -0.15) is 0 Å². The second kappa shape index (κ2) is 9.25. The fourth-order valence-corrected chi connectivity index (χ4v) is 4.34. The van der Waals surface area contributed by atoms with Gasteiger partial charge in [0.2, 0.25) is 5.89 Å². The van der Waals surface area contributed by atoms with E-state index in [4.69, 9.17) is 4.42 Å². The van der Waals surface area contributed by atoms with Crippen LogP contribution in [0.15, 0.2) is 77.3 Å². The topological polar surface area (TPSA) is 96.2 Å². The fraction of sp³-hybridized carbons (Fsp3) is 0.185. The molecule has 2 N–H and O–H groups in total. The minimum atomic E-state index is -0.342. The first-order valence-electron chi connectivity index (χ1n) is 11.7. The molecule has 1 fully saturated rings. The van der Waals surface area contributed by atoms with Gasteiger partial charge in [0.25, 0.3) is 5.91 Å². The largest absolute Gasteiger partial charge is 0.436 e. The molecule has 0 unspecified atom stereocenters. The minimum absolute atomic E-state index is 0.244. The second-order valence-electron chi connectivity index (χ2n) is 8.59. The maximum Gasteiger partial charge on any atom is 0.275 e. The van der Waals surface area contributed by atoms with Gasteiger partial charge < -0.3 is 15.1 Å². The summed E-state index contributed by atoms with van der Waals surface area (Å²) < 4.78 is 6.15. The lowest BCUT2D eigenvalue weighted by Crippen LogP contribution is -2.42. The van der Waals surface area contributed by atoms with Crippen molar-refractivity contribution in [3.05, 3.63) is 84.2 Å². The van der Waals surface area contributed by atoms with E-state index < -0.39 is 0 Å². The number of para-hydroxylation sites is 3. The normalized spacial score (nSPS) is 14.4. The van der Waals surface area contributed by atoms with Gasteiger partial charge in [0.1, 0.15) is 11.2 Å². The van der Waals surface area contributed by atoms with Crippen LogP contribution in [0.3, 0.4) is 0 Å². The number of amides is 1. The van der Waals surface area contributed by atoms with E-state index >= 15 is 0 Å². The van der Waals surface area contributed by atoms with Gasteiger partial charge in [-0.1, -0.05) is 30.3 Å². The van der Waals surface area contributed by atoms with Crippen LogP contribution in [0.25, 0.3) is 33.6 Å². The van der Waals surface area contributed by atoms with Gasteiger partial charge in [-0.3, -0.25) is 14.7 Å². The first-order valence-corrected chi connectivity index (χ1v) is 11.7. The van der Waals surface area contributed by atoms with Crippen LogP contribution < -0.4 is 10.6 Å². The highest BCUT2D eigenvalue weighted by Gasteiger charge is 2.17. The summed E-state index contributed by atoms with van der Waals surface area (Å²) in [7, 11) is 0. The zero-order valence-corrected chi connectivity index (χ0v) is 19.1. The number of nitrogens with one attached hydrogen (secondary N) is 2. The Morgan fingerprint density at radius 1 is 0.943 bits per heavy atom. The Labute approximate surface area is 202 Å². The van der Waals surface area contributed by atoms with Crippen LogP contribution in [0.2, 0.25) is 0 Å². The molecule has 0 bridgehead atoms. The molecule has 1 saturated heterocycles. The molecule has 174 valence electrons. The predicted molar refractivity (Wildman–Crippen MR) is 135 cm³/mol. The molecule has 0 spiro atoms. The molecule has 8 heteroatoms. The number of carbonyl (C=O) groups is 1. The first kappa shape index (κ1) is 21.4. The van der Waals surface area contributed by atoms with Crippen molar-refractivity contribution in [3.8, 4) is 11.5 Å². The summed E-state index contributed by atoms with van der Waals surface area (Å²) in [5, 5.41) is 6.33. The van der Waals surface area contributed by atoms with E-state index in [0.29, 0.717) is 22.7 Å². The molecule has 0 radical (unpaired) electrons. The minimum Gasteiger partial charge on any atom is -0.436 e. The lowest BCUT2D eigenvalue weighted by Gasteiger charge is -2.27. The standard InChI is InChI=1S/C27H24N6O2/c34-26(24-16-29-21-7-3-4-8-22(21)30-24)31-20-6-2-1-5-19(20)27-32-23-10-9-18(15-25(23)35-27)17-33-13-11-28-12-14-33/h1-10,15-16,28H,11-14,17H2,(H,31,34). The van der Waals surface area contributed by atoms with Crippen molar-refractivity contribution in [1.82, 2.24) is 25.2 Å². The van der Waals surface area contributed by atoms with Crippen molar-refractivity contribution in [3.63, 3.8) is 0 Å². The van der Waals surface area contributed by atoms with Crippen molar-refractivity contribution < 1.29 is 9.21 Å². The van der Waals surface area contributed by atoms with Crippen LogP contribution in [0.1, 0.15) is 16.1 Å². The molecular weight excluding hydrogens is 440 g/mol.